The number of halogens is 2. The molecule has 0 spiro atoms. The third-order valence-corrected chi connectivity index (χ3v) is 6.07. The van der Waals surface area contributed by atoms with Crippen LogP contribution in [0, 0.1) is 0 Å². The summed E-state index contributed by atoms with van der Waals surface area (Å²) >= 11 is 14.2. The molecule has 0 aliphatic rings. The smallest absolute Gasteiger partial charge is 0.196 e. The van der Waals surface area contributed by atoms with Crippen molar-refractivity contribution in [3.63, 3.8) is 0 Å². The van der Waals surface area contributed by atoms with Crippen molar-refractivity contribution in [2.45, 2.75) is 10.9 Å². The van der Waals surface area contributed by atoms with Crippen molar-refractivity contribution in [3.8, 4) is 22.8 Å². The summed E-state index contributed by atoms with van der Waals surface area (Å²) in [5, 5.41) is 11.0. The van der Waals surface area contributed by atoms with Crippen molar-refractivity contribution < 1.29 is 4.74 Å². The molecule has 0 N–H and O–H groups in total. The number of rotatable bonds is 6. The topological polar surface area (TPSA) is 39.9 Å². The highest BCUT2D eigenvalue weighted by molar-refractivity contribution is 7.98. The molecule has 1 aromatic heterocycles. The molecule has 0 bridgehead atoms. The molecule has 0 radical (unpaired) electrons. The third kappa shape index (κ3) is 4.27. The number of para-hydroxylation sites is 1. The van der Waals surface area contributed by atoms with Crippen LogP contribution < -0.4 is 4.74 Å². The summed E-state index contributed by atoms with van der Waals surface area (Å²) in [5.74, 6) is 2.14. The van der Waals surface area contributed by atoms with Crippen LogP contribution in [0.3, 0.4) is 0 Å². The highest BCUT2D eigenvalue weighted by Crippen LogP contribution is 2.34. The van der Waals surface area contributed by atoms with E-state index in [2.05, 4.69) is 10.2 Å². The SMILES string of the molecule is COc1ccc(-c2nnc(SCc3c(Cl)cccc3Cl)n2-c2ccccc2)cc1. The van der Waals surface area contributed by atoms with E-state index in [4.69, 9.17) is 27.9 Å². The van der Waals surface area contributed by atoms with Crippen molar-refractivity contribution in [1.29, 1.82) is 0 Å². The van der Waals surface area contributed by atoms with Gasteiger partial charge < -0.3 is 4.74 Å². The lowest BCUT2D eigenvalue weighted by Crippen LogP contribution is -2.00. The Morgan fingerprint density at radius 2 is 1.55 bits per heavy atom. The van der Waals surface area contributed by atoms with E-state index in [-0.39, 0.29) is 0 Å². The predicted molar refractivity (Wildman–Crippen MR) is 119 cm³/mol. The van der Waals surface area contributed by atoms with Gasteiger partial charge in [0, 0.05) is 27.0 Å². The quantitative estimate of drug-likeness (QED) is 0.318. The van der Waals surface area contributed by atoms with Gasteiger partial charge in [-0.2, -0.15) is 0 Å². The van der Waals surface area contributed by atoms with Gasteiger partial charge in [-0.05, 0) is 54.1 Å². The van der Waals surface area contributed by atoms with Crippen molar-refractivity contribution >= 4 is 35.0 Å². The molecule has 3 aromatic carbocycles. The van der Waals surface area contributed by atoms with Crippen LogP contribution in [0.2, 0.25) is 10.0 Å². The van der Waals surface area contributed by atoms with Crippen molar-refractivity contribution in [2.24, 2.45) is 0 Å². The zero-order chi connectivity index (χ0) is 20.2. The van der Waals surface area contributed by atoms with Gasteiger partial charge in [-0.25, -0.2) is 0 Å². The largest absolute Gasteiger partial charge is 0.497 e. The molecule has 0 amide bonds. The van der Waals surface area contributed by atoms with E-state index < -0.39 is 0 Å². The van der Waals surface area contributed by atoms with Gasteiger partial charge in [0.1, 0.15) is 5.75 Å². The maximum absolute atomic E-state index is 6.33. The van der Waals surface area contributed by atoms with E-state index in [0.29, 0.717) is 15.8 Å². The first-order chi connectivity index (χ1) is 14.2. The molecule has 4 aromatic rings. The van der Waals surface area contributed by atoms with Crippen molar-refractivity contribution in [2.75, 3.05) is 7.11 Å². The minimum atomic E-state index is 0.589. The molecule has 0 aliphatic carbocycles. The molecule has 0 atom stereocenters. The fourth-order valence-corrected chi connectivity index (χ4v) is 4.60. The van der Waals surface area contributed by atoms with Gasteiger partial charge >= 0.3 is 0 Å². The first-order valence-electron chi connectivity index (χ1n) is 8.88. The number of aromatic nitrogens is 3. The minimum Gasteiger partial charge on any atom is -0.497 e. The van der Waals surface area contributed by atoms with Crippen LogP contribution in [-0.2, 0) is 5.75 Å². The van der Waals surface area contributed by atoms with E-state index in [1.54, 1.807) is 18.9 Å². The zero-order valence-electron chi connectivity index (χ0n) is 15.5. The van der Waals surface area contributed by atoms with Gasteiger partial charge in [0.05, 0.1) is 7.11 Å². The Labute approximate surface area is 183 Å². The number of nitrogens with zero attached hydrogens (tertiary/aromatic N) is 3. The predicted octanol–water partition coefficient (Wildman–Crippen LogP) is 6.54. The lowest BCUT2D eigenvalue weighted by molar-refractivity contribution is 0.415. The Balaban J connectivity index is 1.73. The lowest BCUT2D eigenvalue weighted by atomic mass is 10.2. The normalized spacial score (nSPS) is 10.9. The van der Waals surface area contributed by atoms with Crippen LogP contribution in [0.15, 0.2) is 78.0 Å². The monoisotopic (exact) mass is 441 g/mol. The average Bonchev–Trinajstić information content (AvgIpc) is 3.18. The van der Waals surface area contributed by atoms with E-state index in [0.717, 1.165) is 33.5 Å². The van der Waals surface area contributed by atoms with Crippen molar-refractivity contribution in [1.82, 2.24) is 14.8 Å². The molecular weight excluding hydrogens is 425 g/mol. The summed E-state index contributed by atoms with van der Waals surface area (Å²) in [6.07, 6.45) is 0. The van der Waals surface area contributed by atoms with Gasteiger partial charge in [-0.1, -0.05) is 59.2 Å². The molecule has 4 nitrogen and oxygen atoms in total. The summed E-state index contributed by atoms with van der Waals surface area (Å²) in [7, 11) is 1.65. The molecule has 4 rings (SSSR count). The fourth-order valence-electron chi connectivity index (χ4n) is 2.91. The Hall–Kier alpha value is -2.47. The minimum absolute atomic E-state index is 0.589. The molecule has 7 heteroatoms. The van der Waals surface area contributed by atoms with Gasteiger partial charge in [-0.15, -0.1) is 10.2 Å². The zero-order valence-corrected chi connectivity index (χ0v) is 17.9. The van der Waals surface area contributed by atoms with Crippen LogP contribution in [-0.4, -0.2) is 21.9 Å². The second-order valence-corrected chi connectivity index (χ2v) is 7.95. The van der Waals surface area contributed by atoms with Crippen LogP contribution in [0.5, 0.6) is 5.75 Å². The Morgan fingerprint density at radius 1 is 0.862 bits per heavy atom. The molecule has 1 heterocycles. The second-order valence-electron chi connectivity index (χ2n) is 6.19. The van der Waals surface area contributed by atoms with Crippen LogP contribution in [0.25, 0.3) is 17.1 Å². The molecule has 0 aliphatic heterocycles. The van der Waals surface area contributed by atoms with Crippen LogP contribution in [0.4, 0.5) is 0 Å². The van der Waals surface area contributed by atoms with E-state index in [9.17, 15) is 0 Å². The first kappa shape index (κ1) is 19.8. The van der Waals surface area contributed by atoms with Crippen molar-refractivity contribution in [3.05, 3.63) is 88.4 Å². The fraction of sp³-hybridized carbons (Fsp3) is 0.0909. The van der Waals surface area contributed by atoms with E-state index in [1.165, 1.54) is 0 Å². The molecule has 29 heavy (non-hydrogen) atoms. The summed E-state index contributed by atoms with van der Waals surface area (Å²) in [6, 6.07) is 23.3. The number of benzene rings is 3. The first-order valence-corrected chi connectivity index (χ1v) is 10.6. The number of ether oxygens (including phenoxy) is 1. The molecule has 0 unspecified atom stereocenters. The van der Waals surface area contributed by atoms with Gasteiger partial charge in [0.15, 0.2) is 11.0 Å². The second kappa shape index (κ2) is 8.91. The Morgan fingerprint density at radius 3 is 2.21 bits per heavy atom. The summed E-state index contributed by atoms with van der Waals surface area (Å²) in [5.41, 5.74) is 2.82. The van der Waals surface area contributed by atoms with Gasteiger partial charge in [0.25, 0.3) is 0 Å². The van der Waals surface area contributed by atoms with Gasteiger partial charge in [-0.3, -0.25) is 4.57 Å². The van der Waals surface area contributed by atoms with E-state index in [1.807, 2.05) is 77.4 Å². The van der Waals surface area contributed by atoms with Crippen LogP contribution in [0.1, 0.15) is 5.56 Å². The van der Waals surface area contributed by atoms with Crippen LogP contribution >= 0.6 is 35.0 Å². The number of hydrogen-bond donors (Lipinski definition) is 0. The standard InChI is InChI=1S/C22H17Cl2N3OS/c1-28-17-12-10-15(11-13-17)21-25-26-22(27(21)16-6-3-2-4-7-16)29-14-18-19(23)8-5-9-20(18)24/h2-13H,14H2,1H3. The number of thioether (sulfide) groups is 1. The third-order valence-electron chi connectivity index (χ3n) is 4.40. The maximum Gasteiger partial charge on any atom is 0.196 e. The molecular formula is C22H17Cl2N3OS. The van der Waals surface area contributed by atoms with Gasteiger partial charge in [0.2, 0.25) is 0 Å². The Kier molecular flexibility index (Phi) is 6.09. The number of methoxy groups -OCH3 is 1. The lowest BCUT2D eigenvalue weighted by Gasteiger charge is -2.11. The van der Waals surface area contributed by atoms with E-state index >= 15 is 0 Å². The average molecular weight is 442 g/mol. The molecule has 0 saturated heterocycles. The summed E-state index contributed by atoms with van der Waals surface area (Å²) < 4.78 is 7.30. The highest BCUT2D eigenvalue weighted by atomic mass is 35.5. The summed E-state index contributed by atoms with van der Waals surface area (Å²) in [4.78, 5) is 0. The molecule has 0 saturated carbocycles. The highest BCUT2D eigenvalue weighted by Gasteiger charge is 2.17. The summed E-state index contributed by atoms with van der Waals surface area (Å²) in [6.45, 7) is 0. The molecule has 0 fully saturated rings. The number of hydrogen-bond acceptors (Lipinski definition) is 4. The molecule has 146 valence electrons. The Bertz CT molecular complexity index is 1090. The maximum atomic E-state index is 6.33.